The number of benzene rings is 1. The Morgan fingerprint density at radius 2 is 2.40 bits per heavy atom. The van der Waals surface area contributed by atoms with Crippen molar-refractivity contribution in [1.82, 2.24) is 10.3 Å². The predicted octanol–water partition coefficient (Wildman–Crippen LogP) is 2.66. The lowest BCUT2D eigenvalue weighted by molar-refractivity contribution is -0.120. The maximum atomic E-state index is 12.0. The molecule has 5 heteroatoms. The number of nitrogens with one attached hydrogen (secondary N) is 2. The van der Waals surface area contributed by atoms with E-state index in [4.69, 9.17) is 16.3 Å². The van der Waals surface area contributed by atoms with E-state index in [0.717, 1.165) is 35.9 Å². The van der Waals surface area contributed by atoms with Crippen molar-refractivity contribution in [2.45, 2.75) is 25.4 Å². The van der Waals surface area contributed by atoms with Gasteiger partial charge in [-0.05, 0) is 30.5 Å². The van der Waals surface area contributed by atoms with Gasteiger partial charge in [0.15, 0.2) is 0 Å². The van der Waals surface area contributed by atoms with Crippen LogP contribution in [0.4, 0.5) is 0 Å². The molecule has 1 saturated heterocycles. The lowest BCUT2D eigenvalue weighted by atomic mass is 10.1. The first-order valence-corrected chi connectivity index (χ1v) is 7.24. The normalized spacial score (nSPS) is 18.6. The fourth-order valence-electron chi connectivity index (χ4n) is 2.57. The van der Waals surface area contributed by atoms with Crippen molar-refractivity contribution in [2.75, 3.05) is 13.2 Å². The quantitative estimate of drug-likeness (QED) is 0.910. The van der Waals surface area contributed by atoms with Crippen molar-refractivity contribution in [1.29, 1.82) is 0 Å². The van der Waals surface area contributed by atoms with E-state index in [1.807, 2.05) is 24.4 Å². The average molecular weight is 293 g/mol. The molecule has 1 aliphatic rings. The van der Waals surface area contributed by atoms with E-state index in [1.165, 1.54) is 0 Å². The number of H-pyrrole nitrogens is 1. The number of fused-ring (bicyclic) bond motifs is 1. The Morgan fingerprint density at radius 3 is 3.20 bits per heavy atom. The summed E-state index contributed by atoms with van der Waals surface area (Å²) in [5.41, 5.74) is 1.95. The highest BCUT2D eigenvalue weighted by molar-refractivity contribution is 6.31. The molecular weight excluding hydrogens is 276 g/mol. The molecule has 1 aliphatic heterocycles. The molecule has 2 N–H and O–H groups in total. The molecule has 1 fully saturated rings. The smallest absolute Gasteiger partial charge is 0.224 e. The second kappa shape index (κ2) is 5.85. The van der Waals surface area contributed by atoms with E-state index in [9.17, 15) is 4.79 Å². The van der Waals surface area contributed by atoms with Gasteiger partial charge in [0, 0.05) is 35.3 Å². The molecule has 1 aromatic carbocycles. The highest BCUT2D eigenvalue weighted by atomic mass is 35.5. The molecule has 0 radical (unpaired) electrons. The number of aromatic amines is 1. The van der Waals surface area contributed by atoms with Crippen LogP contribution in [0, 0.1) is 0 Å². The van der Waals surface area contributed by atoms with Crippen molar-refractivity contribution < 1.29 is 9.53 Å². The van der Waals surface area contributed by atoms with Gasteiger partial charge in [0.05, 0.1) is 12.5 Å². The molecule has 0 aliphatic carbocycles. The first-order chi connectivity index (χ1) is 9.72. The molecule has 0 saturated carbocycles. The summed E-state index contributed by atoms with van der Waals surface area (Å²) in [6, 6.07) is 5.65. The summed E-state index contributed by atoms with van der Waals surface area (Å²) in [5.74, 6) is 0.0244. The second-order valence-electron chi connectivity index (χ2n) is 5.12. The Morgan fingerprint density at radius 1 is 1.50 bits per heavy atom. The van der Waals surface area contributed by atoms with Gasteiger partial charge in [-0.1, -0.05) is 17.7 Å². The molecule has 2 heterocycles. The third kappa shape index (κ3) is 2.97. The third-order valence-electron chi connectivity index (χ3n) is 3.63. The number of halogens is 1. The molecule has 1 unspecified atom stereocenters. The van der Waals surface area contributed by atoms with E-state index in [1.54, 1.807) is 0 Å². The van der Waals surface area contributed by atoms with Crippen LogP contribution in [0.15, 0.2) is 24.4 Å². The standard InChI is InChI=1S/C15H17ClN2O2/c16-11-3-4-13-10(8-17-14(13)7-11)6-15(19)18-9-12-2-1-5-20-12/h3-4,7-8,12,17H,1-2,5-6,9H2,(H,18,19). The number of hydrogen-bond acceptors (Lipinski definition) is 2. The first-order valence-electron chi connectivity index (χ1n) is 6.86. The maximum absolute atomic E-state index is 12.0. The fourth-order valence-corrected chi connectivity index (χ4v) is 2.75. The molecule has 0 spiro atoms. The molecule has 2 aromatic rings. The Bertz CT molecular complexity index is 617. The Hall–Kier alpha value is -1.52. The van der Waals surface area contributed by atoms with Crippen LogP contribution in [-0.4, -0.2) is 30.1 Å². The largest absolute Gasteiger partial charge is 0.376 e. The van der Waals surface area contributed by atoms with Crippen molar-refractivity contribution in [3.05, 3.63) is 35.0 Å². The van der Waals surface area contributed by atoms with Crippen molar-refractivity contribution in [2.24, 2.45) is 0 Å². The molecule has 4 nitrogen and oxygen atoms in total. The van der Waals surface area contributed by atoms with Gasteiger partial charge in [-0.15, -0.1) is 0 Å². The summed E-state index contributed by atoms with van der Waals surface area (Å²) >= 11 is 5.94. The minimum atomic E-state index is 0.0244. The molecule has 20 heavy (non-hydrogen) atoms. The third-order valence-corrected chi connectivity index (χ3v) is 3.87. The monoisotopic (exact) mass is 292 g/mol. The molecule has 1 atom stereocenters. The van der Waals surface area contributed by atoms with Crippen LogP contribution in [0.5, 0.6) is 0 Å². The summed E-state index contributed by atoms with van der Waals surface area (Å²) in [4.78, 5) is 15.1. The number of carbonyl (C=O) groups is 1. The van der Waals surface area contributed by atoms with Crippen molar-refractivity contribution >= 4 is 28.4 Å². The molecule has 1 aromatic heterocycles. The van der Waals surface area contributed by atoms with E-state index in [2.05, 4.69) is 10.3 Å². The average Bonchev–Trinajstić information content (AvgIpc) is 3.06. The van der Waals surface area contributed by atoms with Crippen LogP contribution < -0.4 is 5.32 Å². The predicted molar refractivity (Wildman–Crippen MR) is 79.0 cm³/mol. The molecule has 106 valence electrons. The maximum Gasteiger partial charge on any atom is 0.224 e. The van der Waals surface area contributed by atoms with E-state index >= 15 is 0 Å². The Kier molecular flexibility index (Phi) is 3.94. The van der Waals surface area contributed by atoms with E-state index in [0.29, 0.717) is 18.0 Å². The van der Waals surface area contributed by atoms with Gasteiger partial charge < -0.3 is 15.0 Å². The van der Waals surface area contributed by atoms with Crippen LogP contribution in [0.25, 0.3) is 10.9 Å². The molecule has 0 bridgehead atoms. The van der Waals surface area contributed by atoms with Crippen molar-refractivity contribution in [3.8, 4) is 0 Å². The SMILES string of the molecule is O=C(Cc1c[nH]c2cc(Cl)ccc12)NCC1CCCO1. The van der Waals surface area contributed by atoms with E-state index < -0.39 is 0 Å². The number of rotatable bonds is 4. The Labute approximate surface area is 122 Å². The number of carbonyl (C=O) groups excluding carboxylic acids is 1. The topological polar surface area (TPSA) is 54.1 Å². The van der Waals surface area contributed by atoms with Crippen LogP contribution in [0.2, 0.25) is 5.02 Å². The van der Waals surface area contributed by atoms with Crippen LogP contribution in [-0.2, 0) is 16.0 Å². The molecule has 1 amide bonds. The Balaban J connectivity index is 1.62. The minimum absolute atomic E-state index is 0.0244. The van der Waals surface area contributed by atoms with Gasteiger partial charge >= 0.3 is 0 Å². The molecular formula is C15H17ClN2O2. The fraction of sp³-hybridized carbons (Fsp3) is 0.400. The number of ether oxygens (including phenoxy) is 1. The van der Waals surface area contributed by atoms with Gasteiger partial charge in [0.25, 0.3) is 0 Å². The molecule has 3 rings (SSSR count). The summed E-state index contributed by atoms with van der Waals surface area (Å²) in [6.07, 6.45) is 4.54. The van der Waals surface area contributed by atoms with Gasteiger partial charge in [0.2, 0.25) is 5.91 Å². The number of aromatic nitrogens is 1. The first kappa shape index (κ1) is 13.5. The van der Waals surface area contributed by atoms with Gasteiger partial charge in [-0.2, -0.15) is 0 Å². The van der Waals surface area contributed by atoms with Gasteiger partial charge in [-0.3, -0.25) is 4.79 Å². The summed E-state index contributed by atoms with van der Waals surface area (Å²) < 4.78 is 5.49. The van der Waals surface area contributed by atoms with Gasteiger partial charge in [0.1, 0.15) is 0 Å². The highest BCUT2D eigenvalue weighted by Gasteiger charge is 2.16. The second-order valence-corrected chi connectivity index (χ2v) is 5.56. The van der Waals surface area contributed by atoms with Crippen LogP contribution >= 0.6 is 11.6 Å². The summed E-state index contributed by atoms with van der Waals surface area (Å²) in [7, 11) is 0. The van der Waals surface area contributed by atoms with Gasteiger partial charge in [-0.25, -0.2) is 0 Å². The van der Waals surface area contributed by atoms with Crippen LogP contribution in [0.3, 0.4) is 0 Å². The van der Waals surface area contributed by atoms with E-state index in [-0.39, 0.29) is 12.0 Å². The minimum Gasteiger partial charge on any atom is -0.376 e. The number of amides is 1. The summed E-state index contributed by atoms with van der Waals surface area (Å²) in [6.45, 7) is 1.41. The zero-order chi connectivity index (χ0) is 13.9. The number of hydrogen-bond donors (Lipinski definition) is 2. The zero-order valence-electron chi connectivity index (χ0n) is 11.1. The van der Waals surface area contributed by atoms with Crippen molar-refractivity contribution in [3.63, 3.8) is 0 Å². The summed E-state index contributed by atoms with van der Waals surface area (Å²) in [5, 5.41) is 4.67. The zero-order valence-corrected chi connectivity index (χ0v) is 11.9. The highest BCUT2D eigenvalue weighted by Crippen LogP contribution is 2.22. The lowest BCUT2D eigenvalue weighted by Gasteiger charge is -2.10. The lowest BCUT2D eigenvalue weighted by Crippen LogP contribution is -2.32. The van der Waals surface area contributed by atoms with Crippen LogP contribution in [0.1, 0.15) is 18.4 Å².